The molecule has 0 radical (unpaired) electrons. The molecule has 38 heavy (non-hydrogen) atoms. The maximum atomic E-state index is 12.1. The van der Waals surface area contributed by atoms with Crippen molar-refractivity contribution in [3.63, 3.8) is 0 Å². The van der Waals surface area contributed by atoms with E-state index in [-0.39, 0.29) is 36.9 Å². The van der Waals surface area contributed by atoms with Gasteiger partial charge >= 0.3 is 12.1 Å². The fourth-order valence-electron chi connectivity index (χ4n) is 3.96. The third kappa shape index (κ3) is 9.75. The zero-order valence-electron chi connectivity index (χ0n) is 21.2. The molecular formula is C26H36Cl2N8O2. The van der Waals surface area contributed by atoms with Crippen LogP contribution in [0.1, 0.15) is 36.8 Å². The molecule has 0 saturated carbocycles. The molecule has 2 aliphatic heterocycles. The van der Waals surface area contributed by atoms with Crippen LogP contribution in [0.5, 0.6) is 0 Å². The highest BCUT2D eigenvalue weighted by Gasteiger charge is 2.09. The van der Waals surface area contributed by atoms with E-state index in [9.17, 15) is 9.59 Å². The Morgan fingerprint density at radius 1 is 0.632 bits per heavy atom. The van der Waals surface area contributed by atoms with E-state index in [2.05, 4.69) is 41.9 Å². The zero-order chi connectivity index (χ0) is 25.0. The summed E-state index contributed by atoms with van der Waals surface area (Å²) in [6.07, 6.45) is 3.73. The fourth-order valence-corrected chi connectivity index (χ4v) is 3.96. The molecule has 206 valence electrons. The van der Waals surface area contributed by atoms with Gasteiger partial charge in [-0.05, 0) is 61.4 Å². The SMILES string of the molecule is Cl.Cl.O=C(NCCCCCCNC(=O)Nc1ccc(C2=NCCN2)cc1)Nc1ccc(C2=NCCN2)cc1. The van der Waals surface area contributed by atoms with Crippen molar-refractivity contribution in [1.82, 2.24) is 21.3 Å². The van der Waals surface area contributed by atoms with Crippen molar-refractivity contribution in [2.75, 3.05) is 49.9 Å². The van der Waals surface area contributed by atoms with Crippen LogP contribution in [0.25, 0.3) is 0 Å². The fraction of sp³-hybridized carbons (Fsp3) is 0.385. The van der Waals surface area contributed by atoms with Gasteiger partial charge in [-0.15, -0.1) is 24.8 Å². The predicted molar refractivity (Wildman–Crippen MR) is 159 cm³/mol. The van der Waals surface area contributed by atoms with Gasteiger partial charge in [0, 0.05) is 48.7 Å². The number of anilines is 2. The summed E-state index contributed by atoms with van der Waals surface area (Å²) in [5, 5.41) is 17.9. The van der Waals surface area contributed by atoms with Gasteiger partial charge in [0.2, 0.25) is 0 Å². The first kappa shape index (κ1) is 30.7. The molecule has 0 spiro atoms. The number of amides is 4. The average Bonchev–Trinajstić information content (AvgIpc) is 3.62. The molecule has 0 aromatic heterocycles. The number of amidine groups is 2. The van der Waals surface area contributed by atoms with Crippen molar-refractivity contribution in [2.45, 2.75) is 25.7 Å². The number of halogens is 2. The number of benzene rings is 2. The maximum absolute atomic E-state index is 12.1. The van der Waals surface area contributed by atoms with Gasteiger partial charge in [-0.2, -0.15) is 0 Å². The molecule has 12 heteroatoms. The Morgan fingerprint density at radius 2 is 1.03 bits per heavy atom. The average molecular weight is 564 g/mol. The van der Waals surface area contributed by atoms with Crippen LogP contribution < -0.4 is 31.9 Å². The molecule has 0 bridgehead atoms. The van der Waals surface area contributed by atoms with Gasteiger partial charge in [-0.3, -0.25) is 9.98 Å². The van der Waals surface area contributed by atoms with Crippen LogP contribution in [-0.2, 0) is 0 Å². The minimum Gasteiger partial charge on any atom is -0.368 e. The Balaban J connectivity index is 0.00000253. The Hall–Kier alpha value is -3.50. The van der Waals surface area contributed by atoms with Crippen molar-refractivity contribution in [3.8, 4) is 0 Å². The first-order valence-corrected chi connectivity index (χ1v) is 12.5. The van der Waals surface area contributed by atoms with Crippen LogP contribution in [0, 0.1) is 0 Å². The second kappa shape index (κ2) is 16.4. The first-order chi connectivity index (χ1) is 17.7. The van der Waals surface area contributed by atoms with E-state index in [0.29, 0.717) is 13.1 Å². The van der Waals surface area contributed by atoms with Crippen molar-refractivity contribution >= 4 is 59.9 Å². The van der Waals surface area contributed by atoms with Crippen LogP contribution in [0.15, 0.2) is 58.5 Å². The molecule has 0 unspecified atom stereocenters. The van der Waals surface area contributed by atoms with Crippen molar-refractivity contribution in [2.24, 2.45) is 9.98 Å². The molecule has 0 aliphatic carbocycles. The Bertz CT molecular complexity index is 1000. The van der Waals surface area contributed by atoms with Crippen LogP contribution in [0.4, 0.5) is 21.0 Å². The summed E-state index contributed by atoms with van der Waals surface area (Å²) < 4.78 is 0. The lowest BCUT2D eigenvalue weighted by molar-refractivity contribution is 0.250. The number of hydrogen-bond donors (Lipinski definition) is 6. The predicted octanol–water partition coefficient (Wildman–Crippen LogP) is 3.73. The van der Waals surface area contributed by atoms with Crippen molar-refractivity contribution in [1.29, 1.82) is 0 Å². The number of nitrogens with zero attached hydrogens (tertiary/aromatic N) is 2. The smallest absolute Gasteiger partial charge is 0.319 e. The number of unbranched alkanes of at least 4 members (excludes halogenated alkanes) is 3. The molecule has 2 aromatic carbocycles. The van der Waals surface area contributed by atoms with E-state index in [1.165, 1.54) is 0 Å². The van der Waals surface area contributed by atoms with Gasteiger partial charge in [-0.25, -0.2) is 9.59 Å². The summed E-state index contributed by atoms with van der Waals surface area (Å²) in [4.78, 5) is 32.9. The molecule has 4 rings (SSSR count). The number of aliphatic imine (C=N–C) groups is 2. The van der Waals surface area contributed by atoms with E-state index in [1.54, 1.807) is 0 Å². The summed E-state index contributed by atoms with van der Waals surface area (Å²) >= 11 is 0. The van der Waals surface area contributed by atoms with Gasteiger partial charge in [0.15, 0.2) is 0 Å². The Labute approximate surface area is 235 Å². The highest BCUT2D eigenvalue weighted by atomic mass is 35.5. The molecule has 0 fully saturated rings. The standard InChI is InChI=1S/C26H34N8O2.2ClH/c35-25(33-21-9-5-19(6-10-21)23-27-15-16-28-23)31-13-3-1-2-4-14-32-26(36)34-22-11-7-20(8-12-22)24-29-17-18-30-24;;/h5-12H,1-4,13-18H2,(H,27,28)(H,29,30)(H2,31,33,35)(H2,32,34,36);2*1H. The van der Waals surface area contributed by atoms with Crippen LogP contribution in [0.3, 0.4) is 0 Å². The summed E-state index contributed by atoms with van der Waals surface area (Å²) in [7, 11) is 0. The quantitative estimate of drug-likeness (QED) is 0.233. The molecule has 6 N–H and O–H groups in total. The van der Waals surface area contributed by atoms with Crippen molar-refractivity contribution in [3.05, 3.63) is 59.7 Å². The summed E-state index contributed by atoms with van der Waals surface area (Å²) in [5.74, 6) is 1.81. The third-order valence-electron chi connectivity index (χ3n) is 5.86. The van der Waals surface area contributed by atoms with Crippen LogP contribution in [-0.4, -0.2) is 63.0 Å². The lowest BCUT2D eigenvalue weighted by atomic mass is 10.2. The monoisotopic (exact) mass is 562 g/mol. The van der Waals surface area contributed by atoms with Crippen LogP contribution >= 0.6 is 24.8 Å². The second-order valence-corrected chi connectivity index (χ2v) is 8.64. The normalized spacial score (nSPS) is 13.5. The highest BCUT2D eigenvalue weighted by molar-refractivity contribution is 6.01. The minimum atomic E-state index is -0.210. The molecule has 2 aromatic rings. The topological polar surface area (TPSA) is 131 Å². The summed E-state index contributed by atoms with van der Waals surface area (Å²) in [6, 6.07) is 14.9. The number of nitrogens with one attached hydrogen (secondary N) is 6. The van der Waals surface area contributed by atoms with E-state index < -0.39 is 0 Å². The van der Waals surface area contributed by atoms with Crippen molar-refractivity contribution < 1.29 is 9.59 Å². The van der Waals surface area contributed by atoms with E-state index >= 15 is 0 Å². The number of rotatable bonds is 11. The minimum absolute atomic E-state index is 0. The molecule has 2 aliphatic rings. The first-order valence-electron chi connectivity index (χ1n) is 12.5. The van der Waals surface area contributed by atoms with Gasteiger partial charge in [0.05, 0.1) is 13.1 Å². The molecule has 10 nitrogen and oxygen atoms in total. The molecular weight excluding hydrogens is 527 g/mol. The molecule has 2 heterocycles. The van der Waals surface area contributed by atoms with Gasteiger partial charge in [0.25, 0.3) is 0 Å². The van der Waals surface area contributed by atoms with Gasteiger partial charge in [0.1, 0.15) is 11.7 Å². The largest absolute Gasteiger partial charge is 0.368 e. The number of carbonyl (C=O) groups is 2. The van der Waals surface area contributed by atoms with E-state index in [4.69, 9.17) is 0 Å². The lowest BCUT2D eigenvalue weighted by Crippen LogP contribution is -2.30. The van der Waals surface area contributed by atoms with Gasteiger partial charge in [-0.1, -0.05) is 12.8 Å². The zero-order valence-corrected chi connectivity index (χ0v) is 22.9. The van der Waals surface area contributed by atoms with E-state index in [1.807, 2.05) is 48.5 Å². The maximum Gasteiger partial charge on any atom is 0.319 e. The summed E-state index contributed by atoms with van der Waals surface area (Å²) in [6.45, 7) is 4.55. The van der Waals surface area contributed by atoms with E-state index in [0.717, 1.165) is 86.0 Å². The Morgan fingerprint density at radius 3 is 1.37 bits per heavy atom. The number of carbonyl (C=O) groups excluding carboxylic acids is 2. The lowest BCUT2D eigenvalue weighted by Gasteiger charge is -2.10. The van der Waals surface area contributed by atoms with Gasteiger partial charge < -0.3 is 31.9 Å². The Kier molecular flexibility index (Phi) is 13.2. The number of urea groups is 2. The van der Waals surface area contributed by atoms with Crippen LogP contribution in [0.2, 0.25) is 0 Å². The number of hydrogen-bond acceptors (Lipinski definition) is 6. The molecule has 0 atom stereocenters. The molecule has 0 saturated heterocycles. The summed E-state index contributed by atoms with van der Waals surface area (Å²) in [5.41, 5.74) is 3.53. The second-order valence-electron chi connectivity index (χ2n) is 8.64. The molecule has 4 amide bonds. The highest BCUT2D eigenvalue weighted by Crippen LogP contribution is 2.12. The third-order valence-corrected chi connectivity index (χ3v) is 5.86.